The van der Waals surface area contributed by atoms with Crippen LogP contribution in [0.2, 0.25) is 5.02 Å². The summed E-state index contributed by atoms with van der Waals surface area (Å²) in [6.07, 6.45) is 4.72. The first kappa shape index (κ1) is 18.2. The van der Waals surface area contributed by atoms with Gasteiger partial charge in [0.2, 0.25) is 0 Å². The van der Waals surface area contributed by atoms with Gasteiger partial charge >= 0.3 is 0 Å². The third-order valence-electron chi connectivity index (χ3n) is 4.82. The van der Waals surface area contributed by atoms with Gasteiger partial charge in [0.1, 0.15) is 0 Å². The lowest BCUT2D eigenvalue weighted by atomic mass is 10.0. The molecule has 0 unspecified atom stereocenters. The third-order valence-corrected chi connectivity index (χ3v) is 5.07. The number of anilines is 1. The molecule has 0 saturated carbocycles. The van der Waals surface area contributed by atoms with Crippen molar-refractivity contribution in [2.45, 2.75) is 37.9 Å². The van der Waals surface area contributed by atoms with E-state index in [2.05, 4.69) is 47.0 Å². The number of morpholine rings is 1. The quantitative estimate of drug-likeness (QED) is 0.774. The highest BCUT2D eigenvalue weighted by molar-refractivity contribution is 6.30. The molecule has 1 fully saturated rings. The Morgan fingerprint density at radius 2 is 1.68 bits per heavy atom. The molecule has 3 nitrogen and oxygen atoms in total. The molecule has 1 aliphatic heterocycles. The molecule has 1 saturated heterocycles. The van der Waals surface area contributed by atoms with E-state index >= 15 is 0 Å². The van der Waals surface area contributed by atoms with Crippen LogP contribution in [0.25, 0.3) is 0 Å². The molecule has 0 radical (unpaired) electrons. The SMILES string of the molecule is CNc1ccccc1CC[C@@H]1CNC[C@@H](CCc2ccc(Cl)cc2)O1. The lowest BCUT2D eigenvalue weighted by molar-refractivity contribution is -0.0434. The monoisotopic (exact) mass is 358 g/mol. The fourth-order valence-corrected chi connectivity index (χ4v) is 3.52. The first-order valence-corrected chi connectivity index (χ1v) is 9.48. The van der Waals surface area contributed by atoms with E-state index in [-0.39, 0.29) is 12.2 Å². The molecule has 0 bridgehead atoms. The Labute approximate surface area is 155 Å². The number of hydrogen-bond donors (Lipinski definition) is 2. The Bertz CT molecular complexity index is 659. The molecular weight excluding hydrogens is 332 g/mol. The topological polar surface area (TPSA) is 33.3 Å². The van der Waals surface area contributed by atoms with Gasteiger partial charge in [0.05, 0.1) is 12.2 Å². The van der Waals surface area contributed by atoms with Crippen LogP contribution < -0.4 is 10.6 Å². The highest BCUT2D eigenvalue weighted by Crippen LogP contribution is 2.20. The fraction of sp³-hybridized carbons (Fsp3) is 0.429. The molecular formula is C21H27ClN2O. The molecule has 1 heterocycles. The van der Waals surface area contributed by atoms with Gasteiger partial charge in [-0.25, -0.2) is 0 Å². The second-order valence-electron chi connectivity index (χ2n) is 6.65. The van der Waals surface area contributed by atoms with E-state index in [4.69, 9.17) is 16.3 Å². The Balaban J connectivity index is 1.47. The maximum absolute atomic E-state index is 6.32. The molecule has 2 aromatic rings. The molecule has 2 atom stereocenters. The number of nitrogens with one attached hydrogen (secondary N) is 2. The summed E-state index contributed by atoms with van der Waals surface area (Å²) in [5.74, 6) is 0. The number of ether oxygens (including phenoxy) is 1. The van der Waals surface area contributed by atoms with Crippen LogP contribution in [0.4, 0.5) is 5.69 Å². The number of benzene rings is 2. The largest absolute Gasteiger partial charge is 0.388 e. The number of para-hydroxylation sites is 1. The molecule has 134 valence electrons. The Kier molecular flexibility index (Phi) is 6.74. The summed E-state index contributed by atoms with van der Waals surface area (Å²) in [5.41, 5.74) is 3.89. The highest BCUT2D eigenvalue weighted by Gasteiger charge is 2.21. The van der Waals surface area contributed by atoms with E-state index in [1.165, 1.54) is 16.8 Å². The van der Waals surface area contributed by atoms with E-state index in [9.17, 15) is 0 Å². The second-order valence-corrected chi connectivity index (χ2v) is 7.09. The molecule has 2 aromatic carbocycles. The minimum absolute atomic E-state index is 0.286. The van der Waals surface area contributed by atoms with E-state index in [0.29, 0.717) is 0 Å². The summed E-state index contributed by atoms with van der Waals surface area (Å²) in [4.78, 5) is 0. The van der Waals surface area contributed by atoms with Gasteiger partial charge in [-0.1, -0.05) is 41.9 Å². The van der Waals surface area contributed by atoms with Gasteiger partial charge in [0.15, 0.2) is 0 Å². The van der Waals surface area contributed by atoms with Gasteiger partial charge in [0, 0.05) is 30.8 Å². The molecule has 2 N–H and O–H groups in total. The van der Waals surface area contributed by atoms with E-state index in [0.717, 1.165) is 43.8 Å². The van der Waals surface area contributed by atoms with Crippen molar-refractivity contribution in [3.63, 3.8) is 0 Å². The van der Waals surface area contributed by atoms with Crippen molar-refractivity contribution in [2.24, 2.45) is 0 Å². The maximum atomic E-state index is 6.32. The zero-order chi connectivity index (χ0) is 17.5. The normalized spacial score (nSPS) is 20.4. The predicted octanol–water partition coefficient (Wildman–Crippen LogP) is 4.30. The van der Waals surface area contributed by atoms with E-state index in [1.54, 1.807) is 0 Å². The van der Waals surface area contributed by atoms with Crippen LogP contribution in [0.5, 0.6) is 0 Å². The lowest BCUT2D eigenvalue weighted by Gasteiger charge is -2.31. The van der Waals surface area contributed by atoms with Crippen molar-refractivity contribution in [1.29, 1.82) is 0 Å². The van der Waals surface area contributed by atoms with Crippen molar-refractivity contribution in [3.8, 4) is 0 Å². The number of rotatable bonds is 7. The predicted molar refractivity (Wildman–Crippen MR) is 106 cm³/mol. The Hall–Kier alpha value is -1.55. The van der Waals surface area contributed by atoms with Gasteiger partial charge in [0.25, 0.3) is 0 Å². The van der Waals surface area contributed by atoms with Gasteiger partial charge in [-0.05, 0) is 55.0 Å². The summed E-state index contributed by atoms with van der Waals surface area (Å²) in [6, 6.07) is 16.6. The zero-order valence-corrected chi connectivity index (χ0v) is 15.6. The van der Waals surface area contributed by atoms with Crippen molar-refractivity contribution in [2.75, 3.05) is 25.5 Å². The van der Waals surface area contributed by atoms with Crippen molar-refractivity contribution in [3.05, 3.63) is 64.7 Å². The van der Waals surface area contributed by atoms with Crippen molar-refractivity contribution >= 4 is 17.3 Å². The molecule has 0 aromatic heterocycles. The summed E-state index contributed by atoms with van der Waals surface area (Å²) < 4.78 is 6.32. The van der Waals surface area contributed by atoms with Crippen LogP contribution >= 0.6 is 11.6 Å². The number of hydrogen-bond acceptors (Lipinski definition) is 3. The van der Waals surface area contributed by atoms with Crippen LogP contribution in [0.15, 0.2) is 48.5 Å². The number of halogens is 1. The third kappa shape index (κ3) is 5.46. The molecule has 25 heavy (non-hydrogen) atoms. The van der Waals surface area contributed by atoms with Gasteiger partial charge < -0.3 is 15.4 Å². The minimum atomic E-state index is 0.286. The molecule has 4 heteroatoms. The average Bonchev–Trinajstić information content (AvgIpc) is 2.66. The Morgan fingerprint density at radius 1 is 1.00 bits per heavy atom. The van der Waals surface area contributed by atoms with Crippen LogP contribution in [-0.4, -0.2) is 32.3 Å². The summed E-state index contributed by atoms with van der Waals surface area (Å²) in [6.45, 7) is 1.89. The number of aryl methyl sites for hydroxylation is 2. The van der Waals surface area contributed by atoms with Crippen molar-refractivity contribution < 1.29 is 4.74 Å². The van der Waals surface area contributed by atoms with E-state index < -0.39 is 0 Å². The summed E-state index contributed by atoms with van der Waals surface area (Å²) in [5, 5.41) is 7.59. The summed E-state index contributed by atoms with van der Waals surface area (Å²) in [7, 11) is 1.98. The van der Waals surface area contributed by atoms with Crippen LogP contribution in [0.3, 0.4) is 0 Å². The first-order chi connectivity index (χ1) is 12.2. The second kappa shape index (κ2) is 9.23. The lowest BCUT2D eigenvalue weighted by Crippen LogP contribution is -2.45. The first-order valence-electron chi connectivity index (χ1n) is 9.11. The van der Waals surface area contributed by atoms with E-state index in [1.807, 2.05) is 19.2 Å². The Morgan fingerprint density at radius 3 is 2.40 bits per heavy atom. The smallest absolute Gasteiger partial charge is 0.0707 e. The molecule has 0 amide bonds. The van der Waals surface area contributed by atoms with Gasteiger partial charge in [-0.2, -0.15) is 0 Å². The van der Waals surface area contributed by atoms with Crippen molar-refractivity contribution in [1.82, 2.24) is 5.32 Å². The molecule has 3 rings (SSSR count). The standard InChI is InChI=1S/C21H27ClN2O/c1-23-21-5-3-2-4-17(21)9-13-20-15-24-14-19(25-20)12-8-16-6-10-18(22)11-7-16/h2-7,10-11,19-20,23-24H,8-9,12-15H2,1H3/t19-,20-/m1/s1. The van der Waals surface area contributed by atoms with Gasteiger partial charge in [-0.3, -0.25) is 0 Å². The molecule has 0 spiro atoms. The van der Waals surface area contributed by atoms with Crippen LogP contribution in [-0.2, 0) is 17.6 Å². The maximum Gasteiger partial charge on any atom is 0.0707 e. The minimum Gasteiger partial charge on any atom is -0.388 e. The summed E-state index contributed by atoms with van der Waals surface area (Å²) >= 11 is 5.95. The van der Waals surface area contributed by atoms with Crippen LogP contribution in [0, 0.1) is 0 Å². The zero-order valence-electron chi connectivity index (χ0n) is 14.8. The fourth-order valence-electron chi connectivity index (χ4n) is 3.39. The highest BCUT2D eigenvalue weighted by atomic mass is 35.5. The van der Waals surface area contributed by atoms with Gasteiger partial charge in [-0.15, -0.1) is 0 Å². The molecule has 1 aliphatic rings. The average molecular weight is 359 g/mol. The molecule has 0 aliphatic carbocycles. The van der Waals surface area contributed by atoms with Crippen LogP contribution in [0.1, 0.15) is 24.0 Å².